The van der Waals surface area contributed by atoms with Crippen LogP contribution in [0.4, 0.5) is 0 Å². The molecule has 2 fully saturated rings. The number of rotatable bonds is 6. The average Bonchev–Trinajstić information content (AvgIpc) is 3.43. The van der Waals surface area contributed by atoms with Crippen molar-refractivity contribution < 1.29 is 17.6 Å². The van der Waals surface area contributed by atoms with Crippen molar-refractivity contribution in [1.29, 1.82) is 0 Å². The molecule has 9 heteroatoms. The highest BCUT2D eigenvalue weighted by atomic mass is 32.2. The van der Waals surface area contributed by atoms with Gasteiger partial charge in [0.15, 0.2) is 9.84 Å². The topological polar surface area (TPSA) is 93.4 Å². The number of carbonyl (C=O) groups is 1. The van der Waals surface area contributed by atoms with Crippen LogP contribution < -0.4 is 0 Å². The van der Waals surface area contributed by atoms with Crippen molar-refractivity contribution in [2.24, 2.45) is 0 Å². The number of benzene rings is 1. The third-order valence-corrected chi connectivity index (χ3v) is 7.91. The van der Waals surface area contributed by atoms with E-state index >= 15 is 0 Å². The highest BCUT2D eigenvalue weighted by molar-refractivity contribution is 7.99. The van der Waals surface area contributed by atoms with Crippen LogP contribution in [0.1, 0.15) is 32.1 Å². The molecule has 0 bridgehead atoms. The first-order valence-corrected chi connectivity index (χ1v) is 12.4. The van der Waals surface area contributed by atoms with Gasteiger partial charge in [-0.25, -0.2) is 8.42 Å². The van der Waals surface area contributed by atoms with E-state index in [2.05, 4.69) is 10.2 Å². The minimum absolute atomic E-state index is 0.0431. The Labute approximate surface area is 168 Å². The predicted molar refractivity (Wildman–Crippen MR) is 107 cm³/mol. The van der Waals surface area contributed by atoms with E-state index in [4.69, 9.17) is 4.42 Å². The van der Waals surface area contributed by atoms with Gasteiger partial charge in [0.05, 0.1) is 17.3 Å². The van der Waals surface area contributed by atoms with Gasteiger partial charge in [-0.2, -0.15) is 0 Å². The molecular weight excluding hydrogens is 398 g/mol. The van der Waals surface area contributed by atoms with Crippen molar-refractivity contribution >= 4 is 27.5 Å². The summed E-state index contributed by atoms with van der Waals surface area (Å²) in [6.07, 6.45) is 4.61. The SMILES string of the molecule is O=C(CSc1nnc(-c2ccccc2)o1)N(C1CCCC1)[C@@H]1CCS(=O)(=O)C1. The molecule has 0 unspecified atom stereocenters. The molecular formula is C19H23N3O4S2. The van der Waals surface area contributed by atoms with Gasteiger partial charge in [-0.1, -0.05) is 42.8 Å². The van der Waals surface area contributed by atoms with Crippen molar-refractivity contribution in [1.82, 2.24) is 15.1 Å². The summed E-state index contributed by atoms with van der Waals surface area (Å²) in [5.41, 5.74) is 0.830. The van der Waals surface area contributed by atoms with E-state index in [1.807, 2.05) is 35.2 Å². The second-order valence-electron chi connectivity index (χ2n) is 7.32. The Morgan fingerprint density at radius 3 is 2.54 bits per heavy atom. The maximum absolute atomic E-state index is 13.0. The first kappa shape index (κ1) is 19.4. The third kappa shape index (κ3) is 4.41. The second-order valence-corrected chi connectivity index (χ2v) is 10.5. The summed E-state index contributed by atoms with van der Waals surface area (Å²) in [7, 11) is -3.04. The predicted octanol–water partition coefficient (Wildman–Crippen LogP) is 2.79. The number of carbonyl (C=O) groups excluding carboxylic acids is 1. The van der Waals surface area contributed by atoms with Crippen molar-refractivity contribution in [3.05, 3.63) is 30.3 Å². The normalized spacial score (nSPS) is 21.8. The van der Waals surface area contributed by atoms with Crippen LogP contribution in [0.5, 0.6) is 0 Å². The standard InChI is InChI=1S/C19H23N3O4S2/c23-17(12-27-19-21-20-18(26-19)14-6-2-1-3-7-14)22(15-8-4-5-9-15)16-10-11-28(24,25)13-16/h1-3,6-7,15-16H,4-5,8-13H2/t16-/m1/s1. The molecule has 1 aromatic heterocycles. The zero-order valence-electron chi connectivity index (χ0n) is 15.5. The fraction of sp³-hybridized carbons (Fsp3) is 0.526. The summed E-state index contributed by atoms with van der Waals surface area (Å²) >= 11 is 1.21. The van der Waals surface area contributed by atoms with Crippen LogP contribution in [-0.4, -0.2) is 58.8 Å². The monoisotopic (exact) mass is 421 g/mol. The maximum Gasteiger partial charge on any atom is 0.277 e. The summed E-state index contributed by atoms with van der Waals surface area (Å²) in [5, 5.41) is 8.41. The Balaban J connectivity index is 1.42. The lowest BCUT2D eigenvalue weighted by Crippen LogP contribution is -2.47. The summed E-state index contributed by atoms with van der Waals surface area (Å²) in [5.74, 6) is 0.802. The van der Waals surface area contributed by atoms with E-state index < -0.39 is 9.84 Å². The van der Waals surface area contributed by atoms with Crippen LogP contribution >= 0.6 is 11.8 Å². The van der Waals surface area contributed by atoms with Gasteiger partial charge in [0.1, 0.15) is 0 Å². The number of hydrogen-bond donors (Lipinski definition) is 0. The van der Waals surface area contributed by atoms with Crippen molar-refractivity contribution in [3.63, 3.8) is 0 Å². The summed E-state index contributed by atoms with van der Waals surface area (Å²) < 4.78 is 29.5. The highest BCUT2D eigenvalue weighted by Crippen LogP contribution is 2.30. The van der Waals surface area contributed by atoms with Gasteiger partial charge in [0.25, 0.3) is 5.22 Å². The molecule has 2 aromatic rings. The Hall–Kier alpha value is -1.87. The number of nitrogens with zero attached hydrogens (tertiary/aromatic N) is 3. The number of aromatic nitrogens is 2. The third-order valence-electron chi connectivity index (χ3n) is 5.35. The van der Waals surface area contributed by atoms with E-state index in [1.165, 1.54) is 11.8 Å². The smallest absolute Gasteiger partial charge is 0.277 e. The van der Waals surface area contributed by atoms with Gasteiger partial charge in [-0.3, -0.25) is 4.79 Å². The molecule has 1 amide bonds. The lowest BCUT2D eigenvalue weighted by Gasteiger charge is -2.34. The number of thioether (sulfide) groups is 1. The molecule has 1 aliphatic heterocycles. The van der Waals surface area contributed by atoms with Crippen LogP contribution in [0.2, 0.25) is 0 Å². The molecule has 7 nitrogen and oxygen atoms in total. The van der Waals surface area contributed by atoms with E-state index in [9.17, 15) is 13.2 Å². The lowest BCUT2D eigenvalue weighted by molar-refractivity contribution is -0.132. The molecule has 0 spiro atoms. The van der Waals surface area contributed by atoms with E-state index in [-0.39, 0.29) is 35.2 Å². The maximum atomic E-state index is 13.0. The quantitative estimate of drug-likeness (QED) is 0.662. The first-order chi connectivity index (χ1) is 13.5. The first-order valence-electron chi connectivity index (χ1n) is 9.55. The van der Waals surface area contributed by atoms with Gasteiger partial charge < -0.3 is 9.32 Å². The minimum atomic E-state index is -3.04. The fourth-order valence-electron chi connectivity index (χ4n) is 4.05. The van der Waals surface area contributed by atoms with E-state index in [0.29, 0.717) is 17.5 Å². The molecule has 0 N–H and O–H groups in total. The van der Waals surface area contributed by atoms with Crippen LogP contribution in [-0.2, 0) is 14.6 Å². The summed E-state index contributed by atoms with van der Waals surface area (Å²) in [6.45, 7) is 0. The molecule has 28 heavy (non-hydrogen) atoms. The Kier molecular flexibility index (Phi) is 5.73. The molecule has 1 aromatic carbocycles. The summed E-state index contributed by atoms with van der Waals surface area (Å²) in [6, 6.07) is 9.41. The van der Waals surface area contributed by atoms with Crippen molar-refractivity contribution in [3.8, 4) is 11.5 Å². The van der Waals surface area contributed by atoms with E-state index in [0.717, 1.165) is 31.2 Å². The molecule has 2 aliphatic rings. The number of amides is 1. The van der Waals surface area contributed by atoms with Crippen LogP contribution in [0.25, 0.3) is 11.5 Å². The van der Waals surface area contributed by atoms with E-state index in [1.54, 1.807) is 0 Å². The van der Waals surface area contributed by atoms with Gasteiger partial charge in [-0.15, -0.1) is 10.2 Å². The second kappa shape index (κ2) is 8.24. The van der Waals surface area contributed by atoms with Crippen LogP contribution in [0.3, 0.4) is 0 Å². The number of hydrogen-bond acceptors (Lipinski definition) is 7. The van der Waals surface area contributed by atoms with Gasteiger partial charge in [0, 0.05) is 17.6 Å². The molecule has 1 saturated carbocycles. The summed E-state index contributed by atoms with van der Waals surface area (Å²) in [4.78, 5) is 14.8. The lowest BCUT2D eigenvalue weighted by atomic mass is 10.1. The molecule has 1 saturated heterocycles. The molecule has 150 valence electrons. The van der Waals surface area contributed by atoms with Crippen molar-refractivity contribution in [2.45, 2.75) is 49.4 Å². The van der Waals surface area contributed by atoms with Gasteiger partial charge >= 0.3 is 0 Å². The highest BCUT2D eigenvalue weighted by Gasteiger charge is 2.38. The number of sulfone groups is 1. The van der Waals surface area contributed by atoms with Crippen LogP contribution in [0, 0.1) is 0 Å². The molecule has 4 rings (SSSR count). The molecule has 1 atom stereocenters. The molecule has 1 aliphatic carbocycles. The average molecular weight is 422 g/mol. The Morgan fingerprint density at radius 2 is 1.86 bits per heavy atom. The van der Waals surface area contributed by atoms with Gasteiger partial charge in [0.2, 0.25) is 11.8 Å². The van der Waals surface area contributed by atoms with Crippen molar-refractivity contribution in [2.75, 3.05) is 17.3 Å². The molecule has 2 heterocycles. The Morgan fingerprint density at radius 1 is 1.11 bits per heavy atom. The zero-order chi connectivity index (χ0) is 19.6. The largest absolute Gasteiger partial charge is 0.411 e. The minimum Gasteiger partial charge on any atom is -0.411 e. The van der Waals surface area contributed by atoms with Gasteiger partial charge in [-0.05, 0) is 31.4 Å². The van der Waals surface area contributed by atoms with Crippen LogP contribution in [0.15, 0.2) is 40.0 Å². The Bertz CT molecular complexity index is 924. The zero-order valence-corrected chi connectivity index (χ0v) is 17.1. The fourth-order valence-corrected chi connectivity index (χ4v) is 6.39. The molecule has 0 radical (unpaired) electrons.